The van der Waals surface area contributed by atoms with E-state index < -0.39 is 23.4 Å². The molecule has 5 nitrogen and oxygen atoms in total. The van der Waals surface area contributed by atoms with Gasteiger partial charge in [0.25, 0.3) is 0 Å². The minimum Gasteiger partial charge on any atom is -0.479 e. The van der Waals surface area contributed by atoms with Crippen molar-refractivity contribution < 1.29 is 23.8 Å². The molecular formula is C24H20FNO4. The van der Waals surface area contributed by atoms with Crippen LogP contribution in [0.4, 0.5) is 9.18 Å². The normalized spacial score (nSPS) is 14.3. The van der Waals surface area contributed by atoms with E-state index >= 15 is 0 Å². The number of alkyl carbamates (subject to hydrolysis) is 1. The van der Waals surface area contributed by atoms with Gasteiger partial charge in [-0.2, -0.15) is 0 Å². The number of aliphatic carboxylic acids is 1. The average Bonchev–Trinajstić information content (AvgIpc) is 3.06. The molecule has 0 fully saturated rings. The van der Waals surface area contributed by atoms with Crippen molar-refractivity contribution in [3.8, 4) is 11.1 Å². The Morgan fingerprint density at radius 3 is 2.03 bits per heavy atom. The van der Waals surface area contributed by atoms with Crippen LogP contribution in [0.3, 0.4) is 0 Å². The molecule has 1 aliphatic carbocycles. The molecule has 3 aromatic rings. The molecule has 4 rings (SSSR count). The molecule has 1 atom stereocenters. The van der Waals surface area contributed by atoms with Crippen LogP contribution in [0.5, 0.6) is 0 Å². The van der Waals surface area contributed by atoms with Crippen LogP contribution in [0.25, 0.3) is 11.1 Å². The van der Waals surface area contributed by atoms with Crippen LogP contribution in [-0.2, 0) is 15.1 Å². The lowest BCUT2D eigenvalue weighted by atomic mass is 9.92. The fourth-order valence-corrected chi connectivity index (χ4v) is 3.87. The summed E-state index contributed by atoms with van der Waals surface area (Å²) in [5.41, 5.74) is 2.81. The number of hydrogen-bond donors (Lipinski definition) is 2. The first kappa shape index (κ1) is 19.6. The average molecular weight is 405 g/mol. The van der Waals surface area contributed by atoms with Crippen LogP contribution in [0.2, 0.25) is 0 Å². The standard InChI is InChI=1S/C24H20FNO4/c1-24(22(27)28,15-10-12-16(25)13-11-15)26-23(29)30-14-21-19-8-4-2-6-17(19)18-7-3-5-9-20(18)21/h2-13,21H,14H2,1H3,(H,26,29)(H,27,28). The zero-order valence-corrected chi connectivity index (χ0v) is 16.3. The summed E-state index contributed by atoms with van der Waals surface area (Å²) in [6, 6.07) is 20.8. The molecule has 3 aromatic carbocycles. The molecule has 0 saturated carbocycles. The number of hydrogen-bond acceptors (Lipinski definition) is 3. The van der Waals surface area contributed by atoms with Crippen molar-refractivity contribution in [2.75, 3.05) is 6.61 Å². The number of ether oxygens (including phenoxy) is 1. The molecule has 1 aliphatic rings. The lowest BCUT2D eigenvalue weighted by molar-refractivity contribution is -0.144. The van der Waals surface area contributed by atoms with Gasteiger partial charge in [0.1, 0.15) is 12.4 Å². The number of fused-ring (bicyclic) bond motifs is 3. The lowest BCUT2D eigenvalue weighted by Crippen LogP contribution is -2.49. The van der Waals surface area contributed by atoms with Gasteiger partial charge in [0.15, 0.2) is 5.54 Å². The molecule has 1 amide bonds. The Hall–Kier alpha value is -3.67. The van der Waals surface area contributed by atoms with E-state index in [1.165, 1.54) is 19.1 Å². The molecule has 152 valence electrons. The van der Waals surface area contributed by atoms with Crippen molar-refractivity contribution >= 4 is 12.1 Å². The van der Waals surface area contributed by atoms with Crippen LogP contribution in [0.15, 0.2) is 72.8 Å². The third-order valence-corrected chi connectivity index (χ3v) is 5.55. The summed E-state index contributed by atoms with van der Waals surface area (Å²) in [6.07, 6.45) is -0.855. The zero-order chi connectivity index (χ0) is 21.3. The van der Waals surface area contributed by atoms with Gasteiger partial charge >= 0.3 is 12.1 Å². The highest BCUT2D eigenvalue weighted by atomic mass is 19.1. The summed E-state index contributed by atoms with van der Waals surface area (Å²) in [5.74, 6) is -1.90. The first-order valence-corrected chi connectivity index (χ1v) is 9.53. The molecule has 0 saturated heterocycles. The minimum atomic E-state index is -1.75. The summed E-state index contributed by atoms with van der Waals surface area (Å²) < 4.78 is 18.7. The molecule has 6 heteroatoms. The Morgan fingerprint density at radius 1 is 0.967 bits per heavy atom. The van der Waals surface area contributed by atoms with E-state index in [4.69, 9.17) is 4.74 Å². The summed E-state index contributed by atoms with van der Waals surface area (Å²) in [4.78, 5) is 24.4. The van der Waals surface area contributed by atoms with E-state index in [-0.39, 0.29) is 18.1 Å². The molecule has 0 bridgehead atoms. The Balaban J connectivity index is 1.52. The van der Waals surface area contributed by atoms with Crippen LogP contribution in [0.1, 0.15) is 29.5 Å². The topological polar surface area (TPSA) is 75.6 Å². The number of carboxylic acid groups (broad SMARTS) is 1. The summed E-state index contributed by atoms with van der Waals surface area (Å²) in [6.45, 7) is 1.41. The highest BCUT2D eigenvalue weighted by molar-refractivity contribution is 5.85. The molecule has 0 spiro atoms. The molecule has 0 heterocycles. The smallest absolute Gasteiger partial charge is 0.408 e. The second kappa shape index (κ2) is 7.63. The number of benzene rings is 3. The Bertz CT molecular complexity index is 1070. The maximum atomic E-state index is 13.2. The minimum absolute atomic E-state index is 0.0684. The van der Waals surface area contributed by atoms with E-state index in [1.54, 1.807) is 0 Å². The van der Waals surface area contributed by atoms with Gasteiger partial charge in [0.2, 0.25) is 0 Å². The Labute approximate surface area is 173 Å². The number of nitrogens with one attached hydrogen (secondary N) is 1. The molecule has 0 aliphatic heterocycles. The van der Waals surface area contributed by atoms with Gasteiger partial charge < -0.3 is 15.2 Å². The molecule has 0 aromatic heterocycles. The second-order valence-corrected chi connectivity index (χ2v) is 7.39. The van der Waals surface area contributed by atoms with Crippen LogP contribution < -0.4 is 5.32 Å². The van der Waals surface area contributed by atoms with E-state index in [9.17, 15) is 19.1 Å². The lowest BCUT2D eigenvalue weighted by Gasteiger charge is -2.26. The van der Waals surface area contributed by atoms with Crippen LogP contribution >= 0.6 is 0 Å². The van der Waals surface area contributed by atoms with Gasteiger partial charge in [-0.25, -0.2) is 14.0 Å². The van der Waals surface area contributed by atoms with Crippen molar-refractivity contribution in [1.82, 2.24) is 5.32 Å². The number of carbonyl (C=O) groups excluding carboxylic acids is 1. The molecule has 2 N–H and O–H groups in total. The number of halogens is 1. The van der Waals surface area contributed by atoms with Gasteiger partial charge in [0, 0.05) is 5.92 Å². The van der Waals surface area contributed by atoms with Crippen molar-refractivity contribution in [2.24, 2.45) is 0 Å². The first-order valence-electron chi connectivity index (χ1n) is 9.53. The van der Waals surface area contributed by atoms with Gasteiger partial charge in [-0.1, -0.05) is 60.7 Å². The van der Waals surface area contributed by atoms with Gasteiger partial charge in [-0.15, -0.1) is 0 Å². The highest BCUT2D eigenvalue weighted by Crippen LogP contribution is 2.44. The number of amides is 1. The van der Waals surface area contributed by atoms with Crippen molar-refractivity contribution in [1.29, 1.82) is 0 Å². The third kappa shape index (κ3) is 3.41. The summed E-state index contributed by atoms with van der Waals surface area (Å²) in [7, 11) is 0. The third-order valence-electron chi connectivity index (χ3n) is 5.55. The molecule has 0 radical (unpaired) electrons. The number of carbonyl (C=O) groups is 2. The maximum Gasteiger partial charge on any atom is 0.408 e. The largest absolute Gasteiger partial charge is 0.479 e. The predicted molar refractivity (Wildman–Crippen MR) is 110 cm³/mol. The van der Waals surface area contributed by atoms with Crippen LogP contribution in [0, 0.1) is 5.82 Å². The quantitative estimate of drug-likeness (QED) is 0.647. The number of rotatable bonds is 5. The Kier molecular flexibility index (Phi) is 4.99. The molecular weight excluding hydrogens is 385 g/mol. The molecule has 1 unspecified atom stereocenters. The Morgan fingerprint density at radius 2 is 1.50 bits per heavy atom. The van der Waals surface area contributed by atoms with Gasteiger partial charge in [-0.3, -0.25) is 0 Å². The predicted octanol–water partition coefficient (Wildman–Crippen LogP) is 4.66. The number of carboxylic acids is 1. The van der Waals surface area contributed by atoms with Gasteiger partial charge in [-0.05, 0) is 46.9 Å². The van der Waals surface area contributed by atoms with E-state index in [1.807, 2.05) is 48.5 Å². The monoisotopic (exact) mass is 405 g/mol. The zero-order valence-electron chi connectivity index (χ0n) is 16.3. The van der Waals surface area contributed by atoms with E-state index in [2.05, 4.69) is 5.32 Å². The van der Waals surface area contributed by atoms with E-state index in [0.717, 1.165) is 34.4 Å². The molecule has 30 heavy (non-hydrogen) atoms. The van der Waals surface area contributed by atoms with Crippen molar-refractivity contribution in [2.45, 2.75) is 18.4 Å². The van der Waals surface area contributed by atoms with Crippen LogP contribution in [-0.4, -0.2) is 23.8 Å². The van der Waals surface area contributed by atoms with Crippen molar-refractivity contribution in [3.05, 3.63) is 95.3 Å². The maximum absolute atomic E-state index is 13.2. The fourth-order valence-electron chi connectivity index (χ4n) is 3.87. The SMILES string of the molecule is CC(NC(=O)OCC1c2ccccc2-c2ccccc21)(C(=O)O)c1ccc(F)cc1. The van der Waals surface area contributed by atoms with Gasteiger partial charge in [0.05, 0.1) is 0 Å². The van der Waals surface area contributed by atoms with E-state index in [0.29, 0.717) is 0 Å². The second-order valence-electron chi connectivity index (χ2n) is 7.39. The highest BCUT2D eigenvalue weighted by Gasteiger charge is 2.38. The summed E-state index contributed by atoms with van der Waals surface area (Å²) >= 11 is 0. The van der Waals surface area contributed by atoms with Crippen molar-refractivity contribution in [3.63, 3.8) is 0 Å². The fraction of sp³-hybridized carbons (Fsp3) is 0.167. The first-order chi connectivity index (χ1) is 14.4. The summed E-state index contributed by atoms with van der Waals surface area (Å²) in [5, 5.41) is 12.1.